The summed E-state index contributed by atoms with van der Waals surface area (Å²) in [6.07, 6.45) is 12.7. The van der Waals surface area contributed by atoms with E-state index in [1.165, 1.54) is 70.9 Å². The average molecular weight is 280 g/mol. The minimum Gasteiger partial charge on any atom is -0.312 e. The molecule has 0 aromatic rings. The minimum atomic E-state index is 0.412. The van der Waals surface area contributed by atoms with Gasteiger partial charge in [0.2, 0.25) is 0 Å². The molecule has 20 heavy (non-hydrogen) atoms. The standard InChI is InChI=1S/C18H36N2/c1-4-18(5-2,20-13-9-10-14-20)17(19-6-3)15-16-11-7-8-12-16/h16-17,19H,4-15H2,1-3H3. The van der Waals surface area contributed by atoms with Crippen LogP contribution in [0, 0.1) is 5.92 Å². The summed E-state index contributed by atoms with van der Waals surface area (Å²) in [7, 11) is 0. The maximum Gasteiger partial charge on any atom is 0.0357 e. The third-order valence-electron chi connectivity index (χ3n) is 6.10. The molecule has 2 heteroatoms. The van der Waals surface area contributed by atoms with E-state index in [2.05, 4.69) is 31.0 Å². The van der Waals surface area contributed by atoms with Crippen LogP contribution in [0.25, 0.3) is 0 Å². The van der Waals surface area contributed by atoms with Crippen molar-refractivity contribution in [2.24, 2.45) is 5.92 Å². The van der Waals surface area contributed by atoms with Gasteiger partial charge in [0.15, 0.2) is 0 Å². The number of rotatable bonds is 8. The molecule has 0 radical (unpaired) electrons. The van der Waals surface area contributed by atoms with Crippen LogP contribution in [-0.4, -0.2) is 36.1 Å². The molecule has 1 heterocycles. The molecule has 0 spiro atoms. The van der Waals surface area contributed by atoms with Gasteiger partial charge < -0.3 is 5.32 Å². The number of hydrogen-bond acceptors (Lipinski definition) is 2. The third-order valence-corrected chi connectivity index (χ3v) is 6.10. The Hall–Kier alpha value is -0.0800. The lowest BCUT2D eigenvalue weighted by atomic mass is 9.78. The molecule has 1 saturated carbocycles. The molecular weight excluding hydrogens is 244 g/mol. The van der Waals surface area contributed by atoms with Crippen molar-refractivity contribution >= 4 is 0 Å². The quantitative estimate of drug-likeness (QED) is 0.717. The summed E-state index contributed by atoms with van der Waals surface area (Å²) in [6, 6.07) is 0.698. The fraction of sp³-hybridized carbons (Fsp3) is 1.00. The van der Waals surface area contributed by atoms with Crippen molar-refractivity contribution in [2.45, 2.75) is 90.1 Å². The summed E-state index contributed by atoms with van der Waals surface area (Å²) in [5.74, 6) is 0.985. The van der Waals surface area contributed by atoms with E-state index in [4.69, 9.17) is 0 Å². The van der Waals surface area contributed by atoms with Crippen molar-refractivity contribution in [1.82, 2.24) is 10.2 Å². The predicted molar refractivity (Wildman–Crippen MR) is 88.2 cm³/mol. The van der Waals surface area contributed by atoms with Crippen LogP contribution in [0.15, 0.2) is 0 Å². The van der Waals surface area contributed by atoms with E-state index in [9.17, 15) is 0 Å². The Kier molecular flexibility index (Phi) is 6.35. The number of likely N-dealkylation sites (N-methyl/N-ethyl adjacent to an activating group) is 1. The van der Waals surface area contributed by atoms with Crippen LogP contribution in [0.3, 0.4) is 0 Å². The first-order valence-electron chi connectivity index (χ1n) is 9.25. The van der Waals surface area contributed by atoms with E-state index < -0.39 is 0 Å². The maximum atomic E-state index is 3.89. The summed E-state index contributed by atoms with van der Waals surface area (Å²) in [5, 5.41) is 3.89. The van der Waals surface area contributed by atoms with Gasteiger partial charge in [-0.15, -0.1) is 0 Å². The lowest BCUT2D eigenvalue weighted by molar-refractivity contribution is 0.0527. The van der Waals surface area contributed by atoms with E-state index in [-0.39, 0.29) is 0 Å². The molecule has 0 aromatic heterocycles. The molecule has 118 valence electrons. The second kappa shape index (κ2) is 7.79. The van der Waals surface area contributed by atoms with Gasteiger partial charge in [-0.2, -0.15) is 0 Å². The van der Waals surface area contributed by atoms with Gasteiger partial charge >= 0.3 is 0 Å². The van der Waals surface area contributed by atoms with Gasteiger partial charge in [0.05, 0.1) is 0 Å². The second-order valence-corrected chi connectivity index (χ2v) is 7.00. The fourth-order valence-corrected chi connectivity index (χ4v) is 4.89. The molecule has 0 bridgehead atoms. The van der Waals surface area contributed by atoms with Crippen LogP contribution < -0.4 is 5.32 Å². The summed E-state index contributed by atoms with van der Waals surface area (Å²) in [6.45, 7) is 10.9. The van der Waals surface area contributed by atoms with Gasteiger partial charge in [-0.1, -0.05) is 46.5 Å². The monoisotopic (exact) mass is 280 g/mol. The zero-order valence-electron chi connectivity index (χ0n) is 14.1. The Morgan fingerprint density at radius 3 is 2.10 bits per heavy atom. The van der Waals surface area contributed by atoms with Gasteiger partial charge in [0.25, 0.3) is 0 Å². The van der Waals surface area contributed by atoms with E-state index >= 15 is 0 Å². The third kappa shape index (κ3) is 3.39. The topological polar surface area (TPSA) is 15.3 Å². The largest absolute Gasteiger partial charge is 0.312 e. The van der Waals surface area contributed by atoms with Crippen molar-refractivity contribution in [2.75, 3.05) is 19.6 Å². The summed E-state index contributed by atoms with van der Waals surface area (Å²) in [5.41, 5.74) is 0.412. The van der Waals surface area contributed by atoms with Gasteiger partial charge in [-0.25, -0.2) is 0 Å². The summed E-state index contributed by atoms with van der Waals surface area (Å²) >= 11 is 0. The Morgan fingerprint density at radius 2 is 1.60 bits per heavy atom. The molecule has 1 atom stereocenters. The highest BCUT2D eigenvalue weighted by Gasteiger charge is 2.42. The Bertz CT molecular complexity index is 261. The van der Waals surface area contributed by atoms with Crippen LogP contribution in [0.4, 0.5) is 0 Å². The molecule has 2 nitrogen and oxygen atoms in total. The van der Waals surface area contributed by atoms with Crippen LogP contribution in [0.2, 0.25) is 0 Å². The lowest BCUT2D eigenvalue weighted by Crippen LogP contribution is -2.60. The van der Waals surface area contributed by atoms with Crippen molar-refractivity contribution in [1.29, 1.82) is 0 Å². The van der Waals surface area contributed by atoms with E-state index in [1.807, 2.05) is 0 Å². The second-order valence-electron chi connectivity index (χ2n) is 7.00. The molecule has 1 unspecified atom stereocenters. The highest BCUT2D eigenvalue weighted by atomic mass is 15.2. The molecule has 1 aliphatic heterocycles. The first-order valence-corrected chi connectivity index (χ1v) is 9.25. The first-order chi connectivity index (χ1) is 9.76. The van der Waals surface area contributed by atoms with Crippen molar-refractivity contribution in [3.8, 4) is 0 Å². The molecule has 2 aliphatic rings. The SMILES string of the molecule is CCNC(CC1CCCC1)C(CC)(CC)N1CCCC1. The minimum absolute atomic E-state index is 0.412. The van der Waals surface area contributed by atoms with Crippen LogP contribution in [-0.2, 0) is 0 Å². The molecular formula is C18H36N2. The summed E-state index contributed by atoms with van der Waals surface area (Å²) in [4.78, 5) is 2.83. The van der Waals surface area contributed by atoms with Gasteiger partial charge in [-0.05, 0) is 57.7 Å². The zero-order chi connectivity index (χ0) is 14.4. The summed E-state index contributed by atoms with van der Waals surface area (Å²) < 4.78 is 0. The molecule has 2 fully saturated rings. The van der Waals surface area contributed by atoms with Crippen LogP contribution >= 0.6 is 0 Å². The van der Waals surface area contributed by atoms with E-state index in [0.717, 1.165) is 12.5 Å². The molecule has 2 rings (SSSR count). The van der Waals surface area contributed by atoms with Gasteiger partial charge in [0, 0.05) is 11.6 Å². The first kappa shape index (κ1) is 16.3. The molecule has 1 aliphatic carbocycles. The molecule has 1 N–H and O–H groups in total. The molecule has 1 saturated heterocycles. The fourth-order valence-electron chi connectivity index (χ4n) is 4.89. The highest BCUT2D eigenvalue weighted by molar-refractivity contribution is 5.01. The molecule has 0 aromatic carbocycles. The zero-order valence-corrected chi connectivity index (χ0v) is 14.1. The Morgan fingerprint density at radius 1 is 1.00 bits per heavy atom. The van der Waals surface area contributed by atoms with Crippen LogP contribution in [0.5, 0.6) is 0 Å². The number of hydrogen-bond donors (Lipinski definition) is 1. The Labute approximate surface area is 126 Å². The molecule has 0 amide bonds. The van der Waals surface area contributed by atoms with Crippen molar-refractivity contribution in [3.63, 3.8) is 0 Å². The predicted octanol–water partition coefficient (Wildman–Crippen LogP) is 4.20. The van der Waals surface area contributed by atoms with E-state index in [1.54, 1.807) is 0 Å². The highest BCUT2D eigenvalue weighted by Crippen LogP contribution is 2.37. The lowest BCUT2D eigenvalue weighted by Gasteiger charge is -2.48. The Balaban J connectivity index is 2.11. The normalized spacial score (nSPS) is 23.6. The smallest absolute Gasteiger partial charge is 0.0357 e. The van der Waals surface area contributed by atoms with Gasteiger partial charge in [-0.3, -0.25) is 4.90 Å². The average Bonchev–Trinajstić information content (AvgIpc) is 3.14. The number of nitrogens with one attached hydrogen (secondary N) is 1. The van der Waals surface area contributed by atoms with Gasteiger partial charge in [0.1, 0.15) is 0 Å². The number of nitrogens with zero attached hydrogens (tertiary/aromatic N) is 1. The van der Waals surface area contributed by atoms with Crippen molar-refractivity contribution < 1.29 is 0 Å². The maximum absolute atomic E-state index is 3.89. The van der Waals surface area contributed by atoms with E-state index in [0.29, 0.717) is 11.6 Å². The number of likely N-dealkylation sites (tertiary alicyclic amines) is 1. The van der Waals surface area contributed by atoms with Crippen LogP contribution in [0.1, 0.15) is 78.6 Å². The van der Waals surface area contributed by atoms with Crippen molar-refractivity contribution in [3.05, 3.63) is 0 Å².